The van der Waals surface area contributed by atoms with Gasteiger partial charge in [-0.15, -0.1) is 0 Å². The number of carbonyl (C=O) groups excluding carboxylic acids is 6. The van der Waals surface area contributed by atoms with Crippen molar-refractivity contribution < 1.29 is 43.0 Å². The van der Waals surface area contributed by atoms with Crippen LogP contribution in [0.4, 0.5) is 0 Å². The van der Waals surface area contributed by atoms with Crippen molar-refractivity contribution in [1.29, 1.82) is 0 Å². The molecule has 1 aromatic rings. The average molecular weight is 729 g/mol. The standard InChI is InChI=1S/C37H56N6O9/c1-23(2)18-28-33(45)38-24(3)36(48)43-15-9-12-31(43)35(47)41-30(37(49)42(4)5)22-51-17-7-6-16-50-21-29(34(46)39-28)40-32(44)26-10-8-11-27(19-26)52-20-25-13-14-25/h8,10-11,19,23-25,28-31H,6-7,9,12-18,20-22H2,1-5H3,(H,38,45)(H,39,46)(H,40,44)(H,41,47)/t24-,28-,29-,30-,31-/m0/s1. The Labute approximate surface area is 306 Å². The molecule has 15 nitrogen and oxygen atoms in total. The molecule has 3 aliphatic rings. The van der Waals surface area contributed by atoms with Gasteiger partial charge >= 0.3 is 0 Å². The maximum absolute atomic E-state index is 13.8. The summed E-state index contributed by atoms with van der Waals surface area (Å²) < 4.78 is 17.5. The second-order valence-electron chi connectivity index (χ2n) is 14.6. The summed E-state index contributed by atoms with van der Waals surface area (Å²) in [5, 5.41) is 11.1. The van der Waals surface area contributed by atoms with Crippen molar-refractivity contribution in [3.63, 3.8) is 0 Å². The zero-order valence-corrected chi connectivity index (χ0v) is 31.1. The number of fused-ring (bicyclic) bond motifs is 1. The lowest BCUT2D eigenvalue weighted by atomic mass is 10.0. The van der Waals surface area contributed by atoms with E-state index in [1.807, 2.05) is 13.8 Å². The smallest absolute Gasteiger partial charge is 0.252 e. The summed E-state index contributed by atoms with van der Waals surface area (Å²) in [5.74, 6) is -1.88. The van der Waals surface area contributed by atoms with Gasteiger partial charge in [-0.3, -0.25) is 28.8 Å². The highest BCUT2D eigenvalue weighted by Gasteiger charge is 2.39. The van der Waals surface area contributed by atoms with E-state index in [-0.39, 0.29) is 44.7 Å². The highest BCUT2D eigenvalue weighted by molar-refractivity contribution is 5.99. The largest absolute Gasteiger partial charge is 0.493 e. The van der Waals surface area contributed by atoms with Crippen LogP contribution in [0, 0.1) is 11.8 Å². The zero-order valence-electron chi connectivity index (χ0n) is 31.1. The van der Waals surface area contributed by atoms with E-state index in [1.54, 1.807) is 38.4 Å². The fourth-order valence-electron chi connectivity index (χ4n) is 6.12. The predicted molar refractivity (Wildman–Crippen MR) is 191 cm³/mol. The van der Waals surface area contributed by atoms with Crippen LogP contribution in [0.15, 0.2) is 24.3 Å². The number of carbonyl (C=O) groups is 6. The Morgan fingerprint density at radius 2 is 1.65 bits per heavy atom. The molecule has 3 fully saturated rings. The molecule has 0 aromatic heterocycles. The summed E-state index contributed by atoms with van der Waals surface area (Å²) in [6.45, 7) is 6.54. The molecule has 2 heterocycles. The summed E-state index contributed by atoms with van der Waals surface area (Å²) >= 11 is 0. The number of amides is 6. The molecule has 5 atom stereocenters. The number of likely N-dealkylation sites (N-methyl/N-ethyl adjacent to an activating group) is 1. The van der Waals surface area contributed by atoms with E-state index in [0.29, 0.717) is 56.1 Å². The normalized spacial score (nSPS) is 26.0. The first-order chi connectivity index (χ1) is 24.8. The number of nitrogens with zero attached hydrogens (tertiary/aromatic N) is 2. The molecule has 0 spiro atoms. The molecular weight excluding hydrogens is 672 g/mol. The molecular formula is C37H56N6O9. The summed E-state index contributed by atoms with van der Waals surface area (Å²) in [4.78, 5) is 83.6. The molecule has 4 N–H and O–H groups in total. The predicted octanol–water partition coefficient (Wildman–Crippen LogP) is 1.00. The number of ether oxygens (including phenoxy) is 3. The molecule has 2 saturated heterocycles. The summed E-state index contributed by atoms with van der Waals surface area (Å²) in [5.41, 5.74) is 0.309. The summed E-state index contributed by atoms with van der Waals surface area (Å²) in [6, 6.07) is 1.79. The van der Waals surface area contributed by atoms with Crippen molar-refractivity contribution in [3.05, 3.63) is 29.8 Å². The van der Waals surface area contributed by atoms with Crippen LogP contribution < -0.4 is 26.0 Å². The van der Waals surface area contributed by atoms with Crippen LogP contribution >= 0.6 is 0 Å². The zero-order chi connectivity index (χ0) is 37.8. The molecule has 2 aliphatic heterocycles. The van der Waals surface area contributed by atoms with Gasteiger partial charge in [-0.1, -0.05) is 19.9 Å². The van der Waals surface area contributed by atoms with E-state index < -0.39 is 59.7 Å². The van der Waals surface area contributed by atoms with Crippen LogP contribution in [-0.4, -0.2) is 129 Å². The Bertz CT molecular complexity index is 1420. The van der Waals surface area contributed by atoms with Gasteiger partial charge in [0.15, 0.2) is 0 Å². The number of hydrogen-bond donors (Lipinski definition) is 4. The Balaban J connectivity index is 1.52. The van der Waals surface area contributed by atoms with Gasteiger partial charge in [-0.25, -0.2) is 0 Å². The van der Waals surface area contributed by atoms with E-state index in [1.165, 1.54) is 16.7 Å². The number of benzene rings is 1. The first kappa shape index (κ1) is 40.5. The van der Waals surface area contributed by atoms with Crippen LogP contribution in [0.25, 0.3) is 0 Å². The van der Waals surface area contributed by atoms with Crippen LogP contribution in [-0.2, 0) is 33.4 Å². The molecule has 0 bridgehead atoms. The quantitative estimate of drug-likeness (QED) is 0.303. The molecule has 52 heavy (non-hydrogen) atoms. The van der Waals surface area contributed by atoms with Gasteiger partial charge in [0.25, 0.3) is 5.91 Å². The van der Waals surface area contributed by atoms with Gasteiger partial charge < -0.3 is 45.3 Å². The molecule has 288 valence electrons. The Kier molecular flexibility index (Phi) is 15.2. The van der Waals surface area contributed by atoms with E-state index >= 15 is 0 Å². The van der Waals surface area contributed by atoms with E-state index in [2.05, 4.69) is 21.3 Å². The van der Waals surface area contributed by atoms with Gasteiger partial charge in [0.05, 0.1) is 19.8 Å². The molecule has 6 amide bonds. The number of nitrogens with one attached hydrogen (secondary N) is 4. The lowest BCUT2D eigenvalue weighted by Gasteiger charge is -2.30. The molecule has 15 heteroatoms. The van der Waals surface area contributed by atoms with Crippen LogP contribution in [0.5, 0.6) is 5.75 Å². The third kappa shape index (κ3) is 12.2. The first-order valence-corrected chi connectivity index (χ1v) is 18.5. The molecule has 0 radical (unpaired) electrons. The van der Waals surface area contributed by atoms with Crippen LogP contribution in [0.2, 0.25) is 0 Å². The van der Waals surface area contributed by atoms with E-state index in [0.717, 1.165) is 12.8 Å². The molecule has 1 saturated carbocycles. The second kappa shape index (κ2) is 19.6. The van der Waals surface area contributed by atoms with Crippen molar-refractivity contribution in [2.75, 3.05) is 53.7 Å². The Morgan fingerprint density at radius 3 is 2.33 bits per heavy atom. The lowest BCUT2D eigenvalue weighted by molar-refractivity contribution is -0.143. The third-order valence-corrected chi connectivity index (χ3v) is 9.26. The summed E-state index contributed by atoms with van der Waals surface area (Å²) in [7, 11) is 3.18. The van der Waals surface area contributed by atoms with Crippen molar-refractivity contribution in [2.24, 2.45) is 11.8 Å². The average Bonchev–Trinajstić information content (AvgIpc) is 3.81. The minimum Gasteiger partial charge on any atom is -0.493 e. The van der Waals surface area contributed by atoms with Gasteiger partial charge in [0.2, 0.25) is 29.5 Å². The van der Waals surface area contributed by atoms with Gasteiger partial charge in [0.1, 0.15) is 36.0 Å². The highest BCUT2D eigenvalue weighted by atomic mass is 16.5. The number of rotatable bonds is 8. The maximum atomic E-state index is 13.8. The van der Waals surface area contributed by atoms with Crippen molar-refractivity contribution in [2.45, 2.75) is 95.9 Å². The van der Waals surface area contributed by atoms with E-state index in [4.69, 9.17) is 14.2 Å². The minimum absolute atomic E-state index is 0.00842. The van der Waals surface area contributed by atoms with Crippen molar-refractivity contribution >= 4 is 35.4 Å². The van der Waals surface area contributed by atoms with Crippen molar-refractivity contribution in [3.8, 4) is 5.75 Å². The minimum atomic E-state index is -1.14. The van der Waals surface area contributed by atoms with Gasteiger partial charge in [-0.05, 0) is 81.9 Å². The topological polar surface area (TPSA) is 185 Å². The second-order valence-corrected chi connectivity index (χ2v) is 14.6. The lowest BCUT2D eigenvalue weighted by Crippen LogP contribution is -2.59. The van der Waals surface area contributed by atoms with Gasteiger partial charge in [0, 0.05) is 39.4 Å². The Hall–Kier alpha value is -4.24. The SMILES string of the molecule is CC(C)C[C@@H]1NC(=O)[C@@H](NC(=O)c2cccc(OCC3CC3)c2)COCCCCOC[C@@H](C(=O)N(C)C)NC(=O)[C@@H]2CCCN2C(=O)[C@H](C)NC1=O. The van der Waals surface area contributed by atoms with Crippen molar-refractivity contribution in [1.82, 2.24) is 31.1 Å². The fraction of sp³-hybridized carbons (Fsp3) is 0.676. The summed E-state index contributed by atoms with van der Waals surface area (Å²) in [6.07, 6.45) is 4.61. The van der Waals surface area contributed by atoms with Crippen LogP contribution in [0.1, 0.15) is 76.1 Å². The molecule has 4 rings (SSSR count). The third-order valence-electron chi connectivity index (χ3n) is 9.26. The fourth-order valence-corrected chi connectivity index (χ4v) is 6.12. The van der Waals surface area contributed by atoms with Gasteiger partial charge in [-0.2, -0.15) is 0 Å². The molecule has 1 aromatic carbocycles. The Morgan fingerprint density at radius 1 is 0.942 bits per heavy atom. The molecule has 1 aliphatic carbocycles. The monoisotopic (exact) mass is 728 g/mol. The maximum Gasteiger partial charge on any atom is 0.252 e. The molecule has 0 unspecified atom stereocenters. The highest BCUT2D eigenvalue weighted by Crippen LogP contribution is 2.29. The van der Waals surface area contributed by atoms with Crippen LogP contribution in [0.3, 0.4) is 0 Å². The number of hydrogen-bond acceptors (Lipinski definition) is 9. The van der Waals surface area contributed by atoms with E-state index in [9.17, 15) is 28.8 Å². The first-order valence-electron chi connectivity index (χ1n) is 18.5.